The molecule has 0 unspecified atom stereocenters. The monoisotopic (exact) mass is 675 g/mol. The summed E-state index contributed by atoms with van der Waals surface area (Å²) in [5.41, 5.74) is 1.17. The first-order chi connectivity index (χ1) is 22.7. The Morgan fingerprint density at radius 1 is 1.04 bits per heavy atom. The van der Waals surface area contributed by atoms with E-state index < -0.39 is 29.4 Å². The lowest BCUT2D eigenvalue weighted by molar-refractivity contribution is 0.0145. The lowest BCUT2D eigenvalue weighted by atomic mass is 10.1. The van der Waals surface area contributed by atoms with Gasteiger partial charge in [-0.15, -0.1) is 0 Å². The Labute approximate surface area is 285 Å². The van der Waals surface area contributed by atoms with Crippen LogP contribution in [0.1, 0.15) is 103 Å². The molecule has 3 aromatic rings. The third-order valence-electron chi connectivity index (χ3n) is 8.37. The Morgan fingerprint density at radius 2 is 1.75 bits per heavy atom. The lowest BCUT2D eigenvalue weighted by Crippen LogP contribution is -2.42. The van der Waals surface area contributed by atoms with Crippen molar-refractivity contribution in [1.29, 1.82) is 5.26 Å². The van der Waals surface area contributed by atoms with Gasteiger partial charge >= 0.3 is 12.2 Å². The van der Waals surface area contributed by atoms with E-state index in [4.69, 9.17) is 30.9 Å². The molecule has 2 aromatic heterocycles. The molecule has 48 heavy (non-hydrogen) atoms. The molecule has 0 spiro atoms. The fraction of sp³-hybridized carbons (Fsp3) is 0.571. The van der Waals surface area contributed by atoms with E-state index in [0.29, 0.717) is 28.9 Å². The summed E-state index contributed by atoms with van der Waals surface area (Å²) in [6.07, 6.45) is 4.99. The number of hydrogen-bond donors (Lipinski definition) is 0. The molecule has 3 heterocycles. The predicted octanol–water partition coefficient (Wildman–Crippen LogP) is 6.59. The molecule has 0 bridgehead atoms. The molecule has 12 nitrogen and oxygen atoms in total. The fourth-order valence-electron chi connectivity index (χ4n) is 6.03. The molecule has 3 fully saturated rings. The smallest absolute Gasteiger partial charge is 0.416 e. The lowest BCUT2D eigenvalue weighted by Gasteiger charge is -2.29. The Hall–Kier alpha value is -4.26. The number of nitriles is 1. The van der Waals surface area contributed by atoms with Crippen LogP contribution in [0.4, 0.5) is 15.4 Å². The van der Waals surface area contributed by atoms with Gasteiger partial charge in [0.2, 0.25) is 0 Å². The highest BCUT2D eigenvalue weighted by Gasteiger charge is 2.45. The summed E-state index contributed by atoms with van der Waals surface area (Å²) in [5.74, 6) is 6.50. The number of hydrogen-bond acceptors (Lipinski definition) is 8. The van der Waals surface area contributed by atoms with Crippen molar-refractivity contribution in [3.63, 3.8) is 0 Å². The highest BCUT2D eigenvalue weighted by atomic mass is 35.5. The first-order valence-corrected chi connectivity index (χ1v) is 16.8. The third kappa shape index (κ3) is 7.11. The zero-order valence-electron chi connectivity index (χ0n) is 28.5. The maximum absolute atomic E-state index is 13.8. The van der Waals surface area contributed by atoms with Crippen LogP contribution < -0.4 is 4.90 Å². The van der Waals surface area contributed by atoms with Crippen LogP contribution in [-0.4, -0.2) is 80.0 Å². The minimum atomic E-state index is -0.767. The summed E-state index contributed by atoms with van der Waals surface area (Å²) in [7, 11) is 1.58. The predicted molar refractivity (Wildman–Crippen MR) is 180 cm³/mol. The number of halogens is 1. The molecular weight excluding hydrogens is 634 g/mol. The van der Waals surface area contributed by atoms with Crippen LogP contribution >= 0.6 is 11.6 Å². The molecule has 1 saturated heterocycles. The van der Waals surface area contributed by atoms with Crippen molar-refractivity contribution in [3.8, 4) is 17.9 Å². The molecule has 1 aliphatic heterocycles. The van der Waals surface area contributed by atoms with E-state index in [-0.39, 0.29) is 36.5 Å². The summed E-state index contributed by atoms with van der Waals surface area (Å²) < 4.78 is 20.8. The second-order valence-electron chi connectivity index (χ2n) is 14.8. The van der Waals surface area contributed by atoms with Crippen molar-refractivity contribution in [1.82, 2.24) is 24.2 Å². The number of likely N-dealkylation sites (tertiary alicyclic amines) is 1. The number of fused-ring (bicyclic) bond motifs is 1. The molecule has 1 aromatic carbocycles. The van der Waals surface area contributed by atoms with Crippen LogP contribution in [0.5, 0.6) is 0 Å². The van der Waals surface area contributed by atoms with Gasteiger partial charge in [0.15, 0.2) is 11.5 Å². The first kappa shape index (κ1) is 33.6. The van der Waals surface area contributed by atoms with Crippen molar-refractivity contribution >= 4 is 40.6 Å². The van der Waals surface area contributed by atoms with Gasteiger partial charge in [0.25, 0.3) is 0 Å². The molecule has 254 valence electrons. The normalized spacial score (nSPS) is 19.5. The fourth-order valence-corrected chi connectivity index (χ4v) is 6.24. The minimum absolute atomic E-state index is 0.148. The molecular formula is C35H42ClN7O5. The van der Waals surface area contributed by atoms with Crippen LogP contribution in [-0.2, 0) is 14.2 Å². The van der Waals surface area contributed by atoms with E-state index >= 15 is 0 Å². The van der Waals surface area contributed by atoms with Gasteiger partial charge < -0.3 is 23.7 Å². The SMILES string of the molecule is COC[C@H]1C[C@H](n2nc(C#Cc3cc4ncn(C5CC5)c4cc3Cl)c(C#N)c2N(C(=O)OC(C)(C)C)C2CC2)CN1C(=O)OC(C)(C)C. The van der Waals surface area contributed by atoms with Crippen molar-refractivity contribution in [2.75, 3.05) is 25.2 Å². The number of carbonyl (C=O) groups excluding carboxylic acids is 2. The summed E-state index contributed by atoms with van der Waals surface area (Å²) in [4.78, 5) is 34.8. The molecule has 0 N–H and O–H groups in total. The number of aromatic nitrogens is 4. The van der Waals surface area contributed by atoms with E-state index in [2.05, 4.69) is 27.5 Å². The second kappa shape index (κ2) is 12.6. The van der Waals surface area contributed by atoms with Crippen molar-refractivity contribution in [2.45, 2.75) is 109 Å². The van der Waals surface area contributed by atoms with Crippen LogP contribution in [0, 0.1) is 23.2 Å². The van der Waals surface area contributed by atoms with Gasteiger partial charge in [-0.3, -0.25) is 4.90 Å². The van der Waals surface area contributed by atoms with Crippen molar-refractivity contribution in [2.24, 2.45) is 0 Å². The average molecular weight is 676 g/mol. The molecule has 13 heteroatoms. The van der Waals surface area contributed by atoms with Gasteiger partial charge in [-0.2, -0.15) is 10.4 Å². The first-order valence-electron chi connectivity index (χ1n) is 16.4. The number of amides is 2. The van der Waals surface area contributed by atoms with Crippen LogP contribution in [0.3, 0.4) is 0 Å². The van der Waals surface area contributed by atoms with Crippen LogP contribution in [0.15, 0.2) is 18.5 Å². The van der Waals surface area contributed by atoms with Crippen LogP contribution in [0.2, 0.25) is 5.02 Å². The van der Waals surface area contributed by atoms with Crippen molar-refractivity contribution < 1.29 is 23.8 Å². The second-order valence-corrected chi connectivity index (χ2v) is 15.2. The molecule has 3 aliphatic rings. The van der Waals surface area contributed by atoms with Gasteiger partial charge in [0.05, 0.1) is 41.1 Å². The topological polar surface area (TPSA) is 128 Å². The number of nitrogens with zero attached hydrogens (tertiary/aromatic N) is 7. The standard InChI is InChI=1S/C35H42ClN7O5/c1-34(2,3)47-32(44)40-18-24(15-25(40)19-46-7)43-31(42(23-11-12-23)33(45)48-35(4,5)6)26(17-37)28(39-43)13-8-21-14-29-30(16-27(21)36)41(20-38-29)22-9-10-22/h14,16,20,22-25H,9-12,15,18-19H2,1-7H3/t24-,25+/m0/s1. The summed E-state index contributed by atoms with van der Waals surface area (Å²) in [5, 5.41) is 15.9. The van der Waals surface area contributed by atoms with Gasteiger partial charge in [0.1, 0.15) is 22.8 Å². The number of benzene rings is 1. The molecule has 6 rings (SSSR count). The third-order valence-corrected chi connectivity index (χ3v) is 8.68. The summed E-state index contributed by atoms with van der Waals surface area (Å²) in [6.45, 7) is 11.4. The van der Waals surface area contributed by atoms with Gasteiger partial charge in [0, 0.05) is 31.3 Å². The number of imidazole rings is 1. The van der Waals surface area contributed by atoms with E-state index in [1.165, 1.54) is 4.90 Å². The zero-order valence-corrected chi connectivity index (χ0v) is 29.3. The average Bonchev–Trinajstić information content (AvgIpc) is 3.89. The van der Waals surface area contributed by atoms with Gasteiger partial charge in [-0.1, -0.05) is 17.5 Å². The Balaban J connectivity index is 1.43. The number of rotatable bonds is 6. The largest absolute Gasteiger partial charge is 0.444 e. The highest BCUT2D eigenvalue weighted by Crippen LogP contribution is 2.41. The van der Waals surface area contributed by atoms with E-state index in [1.807, 2.05) is 39.2 Å². The molecule has 2 amide bonds. The van der Waals surface area contributed by atoms with E-state index in [0.717, 1.165) is 36.7 Å². The van der Waals surface area contributed by atoms with E-state index in [1.54, 1.807) is 37.5 Å². The Morgan fingerprint density at radius 3 is 2.35 bits per heavy atom. The summed E-state index contributed by atoms with van der Waals surface area (Å²) in [6, 6.07) is 5.55. The maximum Gasteiger partial charge on any atom is 0.416 e. The van der Waals surface area contributed by atoms with Gasteiger partial charge in [-0.25, -0.2) is 19.3 Å². The number of methoxy groups -OCH3 is 1. The summed E-state index contributed by atoms with van der Waals surface area (Å²) >= 11 is 6.71. The quantitative estimate of drug-likeness (QED) is 0.268. The number of ether oxygens (including phenoxy) is 3. The van der Waals surface area contributed by atoms with E-state index in [9.17, 15) is 14.9 Å². The Bertz CT molecular complexity index is 1840. The van der Waals surface area contributed by atoms with Crippen LogP contribution in [0.25, 0.3) is 11.0 Å². The maximum atomic E-state index is 13.8. The van der Waals surface area contributed by atoms with Gasteiger partial charge in [-0.05, 0) is 91.7 Å². The zero-order chi connectivity index (χ0) is 34.5. The highest BCUT2D eigenvalue weighted by molar-refractivity contribution is 6.32. The molecule has 2 saturated carbocycles. The minimum Gasteiger partial charge on any atom is -0.444 e. The molecule has 2 atom stereocenters. The molecule has 0 radical (unpaired) electrons. The Kier molecular flexibility index (Phi) is 8.86. The number of anilines is 1. The molecule has 2 aliphatic carbocycles. The number of carbonyl (C=O) groups is 2. The van der Waals surface area contributed by atoms with Crippen molar-refractivity contribution in [3.05, 3.63) is 40.3 Å².